The van der Waals surface area contributed by atoms with Gasteiger partial charge in [0, 0.05) is 16.7 Å². The zero-order valence-corrected chi connectivity index (χ0v) is 17.7. The number of carbonyl (C=O) groups is 3. The molecule has 3 N–H and O–H groups in total. The van der Waals surface area contributed by atoms with Gasteiger partial charge in [0.1, 0.15) is 23.5 Å². The van der Waals surface area contributed by atoms with Gasteiger partial charge in [-0.25, -0.2) is 4.79 Å². The minimum Gasteiger partial charge on any atom is -0.459 e. The number of amides is 2. The second-order valence-corrected chi connectivity index (χ2v) is 7.88. The van der Waals surface area contributed by atoms with Crippen LogP contribution in [-0.4, -0.2) is 34.6 Å². The molecule has 10 heteroatoms. The molecule has 1 aliphatic heterocycles. The first-order valence-corrected chi connectivity index (χ1v) is 10.2. The average molecular weight is 472 g/mol. The molecule has 0 bridgehead atoms. The monoisotopic (exact) mass is 472 g/mol. The minimum atomic E-state index is -5.37. The zero-order chi connectivity index (χ0) is 24.7. The van der Waals surface area contributed by atoms with Crippen LogP contribution in [0.2, 0.25) is 0 Å². The van der Waals surface area contributed by atoms with Gasteiger partial charge in [-0.15, -0.1) is 0 Å². The Balaban J connectivity index is 1.77. The van der Waals surface area contributed by atoms with E-state index in [9.17, 15) is 32.7 Å². The van der Waals surface area contributed by atoms with E-state index < -0.39 is 35.7 Å². The lowest BCUT2D eigenvalue weighted by Crippen LogP contribution is -2.72. The quantitative estimate of drug-likeness (QED) is 0.481. The van der Waals surface area contributed by atoms with Crippen LogP contribution < -0.4 is 10.6 Å². The summed E-state index contributed by atoms with van der Waals surface area (Å²) in [7, 11) is 0. The van der Waals surface area contributed by atoms with Crippen LogP contribution in [0.3, 0.4) is 0 Å². The molecule has 3 atom stereocenters. The van der Waals surface area contributed by atoms with E-state index in [4.69, 9.17) is 4.42 Å². The van der Waals surface area contributed by atoms with E-state index in [1.165, 1.54) is 48.6 Å². The molecule has 1 aromatic heterocycles. The van der Waals surface area contributed by atoms with Gasteiger partial charge in [0.25, 0.3) is 0 Å². The summed E-state index contributed by atoms with van der Waals surface area (Å²) in [6.45, 7) is 1.41. The molecule has 0 unspecified atom stereocenters. The van der Waals surface area contributed by atoms with E-state index in [-0.39, 0.29) is 22.9 Å². The van der Waals surface area contributed by atoms with E-state index in [0.29, 0.717) is 11.1 Å². The number of hydrogen-bond acceptors (Lipinski definition) is 5. The van der Waals surface area contributed by atoms with Crippen molar-refractivity contribution < 1.29 is 37.1 Å². The molecule has 34 heavy (non-hydrogen) atoms. The van der Waals surface area contributed by atoms with Crippen LogP contribution in [0.5, 0.6) is 0 Å². The molecule has 1 aliphatic rings. The standard InChI is InChI=1S/C24H19F3N2O5/c1-13(30)14-7-9-15(10-8-14)17-11-12-18(34-17)20-19(21(31)16-5-3-2-4-6-16)23(33,24(25,26)27)29-22(32)28-20/h2-12,19-20,33H,1H3,(H2,28,29,32)/t19-,20-,23+/m0/s1. The van der Waals surface area contributed by atoms with Crippen LogP contribution in [0.4, 0.5) is 18.0 Å². The predicted octanol–water partition coefficient (Wildman–Crippen LogP) is 4.25. The molecule has 0 saturated carbocycles. The second-order valence-electron chi connectivity index (χ2n) is 7.88. The van der Waals surface area contributed by atoms with Crippen molar-refractivity contribution in [1.82, 2.24) is 10.6 Å². The van der Waals surface area contributed by atoms with Crippen LogP contribution >= 0.6 is 0 Å². The molecule has 3 aromatic rings. The summed E-state index contributed by atoms with van der Waals surface area (Å²) < 4.78 is 47.7. The summed E-state index contributed by atoms with van der Waals surface area (Å²) in [5.74, 6) is -3.29. The summed E-state index contributed by atoms with van der Waals surface area (Å²) in [4.78, 5) is 36.8. The smallest absolute Gasteiger partial charge is 0.437 e. The Morgan fingerprint density at radius 1 is 0.971 bits per heavy atom. The molecule has 0 spiro atoms. The van der Waals surface area contributed by atoms with E-state index in [2.05, 4.69) is 5.32 Å². The number of nitrogens with one attached hydrogen (secondary N) is 2. The molecule has 0 radical (unpaired) electrons. The van der Waals surface area contributed by atoms with Gasteiger partial charge in [-0.3, -0.25) is 9.59 Å². The number of halogens is 3. The summed E-state index contributed by atoms with van der Waals surface area (Å²) >= 11 is 0. The number of rotatable bonds is 5. The van der Waals surface area contributed by atoms with Gasteiger partial charge in [-0.05, 0) is 19.1 Å². The molecule has 4 rings (SSSR count). The van der Waals surface area contributed by atoms with Crippen molar-refractivity contribution in [2.45, 2.75) is 24.9 Å². The van der Waals surface area contributed by atoms with Crippen molar-refractivity contribution in [3.8, 4) is 11.3 Å². The highest BCUT2D eigenvalue weighted by Crippen LogP contribution is 2.44. The van der Waals surface area contributed by atoms with Crippen LogP contribution in [-0.2, 0) is 0 Å². The number of carbonyl (C=O) groups excluding carboxylic acids is 3. The topological polar surface area (TPSA) is 109 Å². The first-order valence-electron chi connectivity index (χ1n) is 10.2. The van der Waals surface area contributed by atoms with Gasteiger partial charge in [0.15, 0.2) is 11.6 Å². The number of alkyl halides is 3. The van der Waals surface area contributed by atoms with Crippen LogP contribution in [0, 0.1) is 5.92 Å². The van der Waals surface area contributed by atoms with E-state index in [0.717, 1.165) is 0 Å². The largest absolute Gasteiger partial charge is 0.459 e. The molecule has 1 fully saturated rings. The molecule has 176 valence electrons. The molecule has 0 aliphatic carbocycles. The fourth-order valence-corrected chi connectivity index (χ4v) is 3.90. The van der Waals surface area contributed by atoms with E-state index in [1.807, 2.05) is 0 Å². The molecule has 2 heterocycles. The summed E-state index contributed by atoms with van der Waals surface area (Å²) in [5, 5.41) is 14.4. The second kappa shape index (κ2) is 8.45. The zero-order valence-electron chi connectivity index (χ0n) is 17.7. The lowest BCUT2D eigenvalue weighted by Gasteiger charge is -2.44. The van der Waals surface area contributed by atoms with Crippen molar-refractivity contribution in [3.63, 3.8) is 0 Å². The summed E-state index contributed by atoms with van der Waals surface area (Å²) in [5.41, 5.74) is -2.94. The fourth-order valence-electron chi connectivity index (χ4n) is 3.90. The maximum Gasteiger partial charge on any atom is 0.437 e. The fraction of sp³-hybridized carbons (Fsp3) is 0.208. The van der Waals surface area contributed by atoms with Crippen molar-refractivity contribution in [1.29, 1.82) is 0 Å². The van der Waals surface area contributed by atoms with Gasteiger partial charge in [0.2, 0.25) is 5.72 Å². The number of urea groups is 1. The van der Waals surface area contributed by atoms with Gasteiger partial charge in [-0.1, -0.05) is 54.6 Å². The number of benzene rings is 2. The third kappa shape index (κ3) is 4.08. The number of aliphatic hydroxyl groups is 1. The van der Waals surface area contributed by atoms with E-state index >= 15 is 0 Å². The Morgan fingerprint density at radius 3 is 2.21 bits per heavy atom. The molecule has 1 saturated heterocycles. The molecular formula is C24H19F3N2O5. The first kappa shape index (κ1) is 23.2. The average Bonchev–Trinajstić information content (AvgIpc) is 3.28. The van der Waals surface area contributed by atoms with Gasteiger partial charge >= 0.3 is 12.2 Å². The molecule has 7 nitrogen and oxygen atoms in total. The number of Topliss-reactive ketones (excluding diaryl/α,β-unsaturated/α-hetero) is 2. The Morgan fingerprint density at radius 2 is 1.62 bits per heavy atom. The minimum absolute atomic E-state index is 0.0790. The Bertz CT molecular complexity index is 1240. The SMILES string of the molecule is CC(=O)c1ccc(-c2ccc([C@@H]3NC(=O)N[C@](O)(C(F)(F)F)[C@@H]3C(=O)c3ccccc3)o2)cc1. The maximum absolute atomic E-state index is 14.0. The Hall–Kier alpha value is -3.92. The summed E-state index contributed by atoms with van der Waals surface area (Å²) in [6.07, 6.45) is -5.37. The predicted molar refractivity (Wildman–Crippen MR) is 114 cm³/mol. The van der Waals surface area contributed by atoms with Crippen LogP contribution in [0.25, 0.3) is 11.3 Å². The Labute approximate surface area is 191 Å². The first-order chi connectivity index (χ1) is 16.0. The normalized spacial score (nSPS) is 22.6. The van der Waals surface area contributed by atoms with E-state index in [1.54, 1.807) is 30.3 Å². The lowest BCUT2D eigenvalue weighted by molar-refractivity contribution is -0.288. The highest BCUT2D eigenvalue weighted by molar-refractivity contribution is 6.00. The number of hydrogen-bond donors (Lipinski definition) is 3. The third-order valence-corrected chi connectivity index (χ3v) is 5.66. The Kier molecular flexibility index (Phi) is 5.78. The van der Waals surface area contributed by atoms with Crippen molar-refractivity contribution in [2.24, 2.45) is 5.92 Å². The molecule has 2 amide bonds. The molecular weight excluding hydrogens is 453 g/mol. The molecule has 2 aromatic carbocycles. The lowest BCUT2D eigenvalue weighted by atomic mass is 9.79. The maximum atomic E-state index is 14.0. The van der Waals surface area contributed by atoms with Crippen molar-refractivity contribution in [2.75, 3.05) is 0 Å². The summed E-state index contributed by atoms with van der Waals surface area (Å²) in [6, 6.07) is 13.3. The highest BCUT2D eigenvalue weighted by Gasteiger charge is 2.66. The van der Waals surface area contributed by atoms with Gasteiger partial charge < -0.3 is 20.2 Å². The van der Waals surface area contributed by atoms with Crippen molar-refractivity contribution in [3.05, 3.63) is 83.6 Å². The number of ketones is 2. The third-order valence-electron chi connectivity index (χ3n) is 5.66. The van der Waals surface area contributed by atoms with Gasteiger partial charge in [-0.2, -0.15) is 13.2 Å². The van der Waals surface area contributed by atoms with Crippen LogP contribution in [0.1, 0.15) is 39.4 Å². The van der Waals surface area contributed by atoms with Gasteiger partial charge in [0.05, 0.1) is 0 Å². The highest BCUT2D eigenvalue weighted by atomic mass is 19.4. The van der Waals surface area contributed by atoms with Crippen molar-refractivity contribution >= 4 is 17.6 Å². The van der Waals surface area contributed by atoms with Crippen LogP contribution in [0.15, 0.2) is 71.1 Å². The number of furan rings is 1.